The van der Waals surface area contributed by atoms with Crippen molar-refractivity contribution in [2.24, 2.45) is 11.7 Å². The molecule has 0 atom stereocenters. The summed E-state index contributed by atoms with van der Waals surface area (Å²) >= 11 is 0. The number of alkyl halides is 2. The molecule has 1 rings (SSSR count). The van der Waals surface area contributed by atoms with E-state index in [-0.39, 0.29) is 42.7 Å². The van der Waals surface area contributed by atoms with Gasteiger partial charge in [-0.3, -0.25) is 0 Å². The molecule has 1 fully saturated rings. The zero-order valence-corrected chi connectivity index (χ0v) is 7.27. The van der Waals surface area contributed by atoms with E-state index in [9.17, 15) is 8.78 Å². The smallest absolute Gasteiger partial charge is 0.248 e. The van der Waals surface area contributed by atoms with Crippen molar-refractivity contribution in [3.05, 3.63) is 0 Å². The molecular weight excluding hydrogens is 239 g/mol. The monoisotopic (exact) mass is 249 g/mol. The molecule has 0 heterocycles. The van der Waals surface area contributed by atoms with Crippen molar-refractivity contribution in [1.29, 1.82) is 0 Å². The minimum atomic E-state index is -2.38. The molecule has 0 aromatic heterocycles. The quantitative estimate of drug-likeness (QED) is 0.702. The molecule has 2 N–H and O–H groups in total. The van der Waals surface area contributed by atoms with Gasteiger partial charge in [0.2, 0.25) is 5.92 Å². The highest BCUT2D eigenvalue weighted by atomic mass is 127. The van der Waals surface area contributed by atoms with Crippen molar-refractivity contribution in [2.75, 3.05) is 6.54 Å². The summed E-state index contributed by atoms with van der Waals surface area (Å²) in [4.78, 5) is 0. The minimum absolute atomic E-state index is 0. The summed E-state index contributed by atoms with van der Waals surface area (Å²) in [6.45, 7) is 0.412. The Labute approximate surface area is 70.0 Å². The molecule has 56 valence electrons. The third kappa shape index (κ3) is 2.33. The SMILES string of the molecule is I.NCC1CC(F)(F)C1. The number of hydrogen-bond donors (Lipinski definition) is 1. The van der Waals surface area contributed by atoms with E-state index in [1.165, 1.54) is 0 Å². The molecule has 1 saturated carbocycles. The van der Waals surface area contributed by atoms with Gasteiger partial charge in [-0.2, -0.15) is 0 Å². The highest BCUT2D eigenvalue weighted by molar-refractivity contribution is 14.0. The van der Waals surface area contributed by atoms with Crippen LogP contribution in [0.15, 0.2) is 0 Å². The summed E-state index contributed by atoms with van der Waals surface area (Å²) < 4.78 is 23.8. The lowest BCUT2D eigenvalue weighted by Gasteiger charge is -2.33. The van der Waals surface area contributed by atoms with Crippen LogP contribution in [0, 0.1) is 5.92 Å². The highest BCUT2D eigenvalue weighted by Crippen LogP contribution is 2.41. The molecule has 0 unspecified atom stereocenters. The first-order valence-electron chi connectivity index (χ1n) is 2.72. The number of nitrogens with two attached hydrogens (primary N) is 1. The predicted octanol–water partition coefficient (Wildman–Crippen LogP) is 1.61. The lowest BCUT2D eigenvalue weighted by atomic mass is 9.82. The summed E-state index contributed by atoms with van der Waals surface area (Å²) in [5.41, 5.74) is 5.12. The molecule has 0 aromatic rings. The van der Waals surface area contributed by atoms with Crippen LogP contribution in [0.4, 0.5) is 8.78 Å². The van der Waals surface area contributed by atoms with Crippen LogP contribution >= 0.6 is 24.0 Å². The van der Waals surface area contributed by atoms with Gasteiger partial charge in [-0.15, -0.1) is 24.0 Å². The zero-order chi connectivity index (χ0) is 6.20. The first-order chi connectivity index (χ1) is 3.64. The Hall–Kier alpha value is 0.550. The fraction of sp³-hybridized carbons (Fsp3) is 1.00. The van der Waals surface area contributed by atoms with Crippen molar-refractivity contribution >= 4 is 24.0 Å². The van der Waals surface area contributed by atoms with Gasteiger partial charge in [-0.1, -0.05) is 0 Å². The van der Waals surface area contributed by atoms with Gasteiger partial charge in [0.15, 0.2) is 0 Å². The lowest BCUT2D eigenvalue weighted by Crippen LogP contribution is -2.39. The second kappa shape index (κ2) is 3.09. The second-order valence-corrected chi connectivity index (χ2v) is 2.37. The van der Waals surface area contributed by atoms with Crippen LogP contribution in [0.25, 0.3) is 0 Å². The molecule has 0 amide bonds. The van der Waals surface area contributed by atoms with Gasteiger partial charge in [-0.25, -0.2) is 8.78 Å². The fourth-order valence-electron chi connectivity index (χ4n) is 0.952. The van der Waals surface area contributed by atoms with E-state index in [1.807, 2.05) is 0 Å². The van der Waals surface area contributed by atoms with Crippen LogP contribution in [-0.2, 0) is 0 Å². The van der Waals surface area contributed by atoms with E-state index in [0.717, 1.165) is 0 Å². The molecule has 0 saturated heterocycles. The molecule has 9 heavy (non-hydrogen) atoms. The van der Waals surface area contributed by atoms with E-state index in [4.69, 9.17) is 5.73 Å². The van der Waals surface area contributed by atoms with E-state index in [0.29, 0.717) is 6.54 Å². The van der Waals surface area contributed by atoms with Gasteiger partial charge >= 0.3 is 0 Å². The first-order valence-corrected chi connectivity index (χ1v) is 2.72. The topological polar surface area (TPSA) is 26.0 Å². The maximum Gasteiger partial charge on any atom is 0.248 e. The van der Waals surface area contributed by atoms with Gasteiger partial charge in [0.05, 0.1) is 0 Å². The molecule has 1 aliphatic carbocycles. The van der Waals surface area contributed by atoms with Crippen molar-refractivity contribution in [3.63, 3.8) is 0 Å². The van der Waals surface area contributed by atoms with Crippen molar-refractivity contribution < 1.29 is 8.78 Å². The molecule has 0 radical (unpaired) electrons. The fourth-order valence-corrected chi connectivity index (χ4v) is 0.952. The molecular formula is C5H10F2IN. The van der Waals surface area contributed by atoms with Crippen molar-refractivity contribution in [3.8, 4) is 0 Å². The summed E-state index contributed by atoms with van der Waals surface area (Å²) in [6.07, 6.45) is 0.00694. The molecule has 0 bridgehead atoms. The maximum atomic E-state index is 11.9. The third-order valence-electron chi connectivity index (χ3n) is 1.51. The maximum absolute atomic E-state index is 11.9. The van der Waals surface area contributed by atoms with E-state index in [2.05, 4.69) is 0 Å². The zero-order valence-electron chi connectivity index (χ0n) is 4.94. The normalized spacial score (nSPS) is 24.3. The molecule has 0 aromatic carbocycles. The van der Waals surface area contributed by atoms with Gasteiger partial charge in [0.1, 0.15) is 0 Å². The summed E-state index contributed by atoms with van der Waals surface area (Å²) in [6, 6.07) is 0. The second-order valence-electron chi connectivity index (χ2n) is 2.37. The molecule has 4 heteroatoms. The van der Waals surface area contributed by atoms with Gasteiger partial charge < -0.3 is 5.73 Å². The van der Waals surface area contributed by atoms with Crippen LogP contribution in [0.3, 0.4) is 0 Å². The third-order valence-corrected chi connectivity index (χ3v) is 1.51. The Kier molecular flexibility index (Phi) is 3.28. The van der Waals surface area contributed by atoms with Gasteiger partial charge in [0.25, 0.3) is 0 Å². The number of halogens is 3. The van der Waals surface area contributed by atoms with Gasteiger partial charge in [0, 0.05) is 12.8 Å². The summed E-state index contributed by atoms with van der Waals surface area (Å²) in [5.74, 6) is -2.30. The van der Waals surface area contributed by atoms with Crippen molar-refractivity contribution in [1.82, 2.24) is 0 Å². The van der Waals surface area contributed by atoms with E-state index >= 15 is 0 Å². The summed E-state index contributed by atoms with van der Waals surface area (Å²) in [5, 5.41) is 0. The van der Waals surface area contributed by atoms with Gasteiger partial charge in [-0.05, 0) is 12.5 Å². The Balaban J connectivity index is 0.000000640. The standard InChI is InChI=1S/C5H9F2N.HI/c6-5(7)1-4(2-5)3-8;/h4H,1-3,8H2;1H. The first kappa shape index (κ1) is 9.55. The number of hydrogen-bond acceptors (Lipinski definition) is 1. The Morgan fingerprint density at radius 2 is 1.89 bits per heavy atom. The van der Waals surface area contributed by atoms with Crippen LogP contribution in [0.5, 0.6) is 0 Å². The average molecular weight is 249 g/mol. The van der Waals surface area contributed by atoms with Crippen LogP contribution in [0.1, 0.15) is 12.8 Å². The minimum Gasteiger partial charge on any atom is -0.330 e. The largest absolute Gasteiger partial charge is 0.330 e. The lowest BCUT2D eigenvalue weighted by molar-refractivity contribution is -0.107. The number of rotatable bonds is 1. The Bertz CT molecular complexity index is 89.0. The predicted molar refractivity (Wildman–Crippen MR) is 42.1 cm³/mol. The van der Waals surface area contributed by atoms with E-state index in [1.54, 1.807) is 0 Å². The molecule has 1 nitrogen and oxygen atoms in total. The Morgan fingerprint density at radius 1 is 1.44 bits per heavy atom. The summed E-state index contributed by atoms with van der Waals surface area (Å²) in [7, 11) is 0. The van der Waals surface area contributed by atoms with Crippen LogP contribution < -0.4 is 5.73 Å². The molecule has 0 aliphatic heterocycles. The molecule has 1 aliphatic rings. The van der Waals surface area contributed by atoms with Crippen LogP contribution in [0.2, 0.25) is 0 Å². The highest BCUT2D eigenvalue weighted by Gasteiger charge is 2.44. The molecule has 0 spiro atoms. The van der Waals surface area contributed by atoms with E-state index < -0.39 is 5.92 Å². The Morgan fingerprint density at radius 3 is 2.00 bits per heavy atom. The average Bonchev–Trinajstić information content (AvgIpc) is 1.60. The van der Waals surface area contributed by atoms with Crippen LogP contribution in [-0.4, -0.2) is 12.5 Å². The van der Waals surface area contributed by atoms with Crippen molar-refractivity contribution in [2.45, 2.75) is 18.8 Å².